The normalized spacial score (nSPS) is 12.3. The van der Waals surface area contributed by atoms with Gasteiger partial charge in [0.15, 0.2) is 0 Å². The molecule has 0 fully saturated rings. The number of ether oxygens (including phenoxy) is 2. The van der Waals surface area contributed by atoms with Crippen LogP contribution in [0.4, 0.5) is 0 Å². The Morgan fingerprint density at radius 2 is 2.05 bits per heavy atom. The highest BCUT2D eigenvalue weighted by molar-refractivity contribution is 5.26. The third-order valence-corrected chi connectivity index (χ3v) is 3.07. The summed E-state index contributed by atoms with van der Waals surface area (Å²) in [4.78, 5) is 4.28. The van der Waals surface area contributed by atoms with Crippen LogP contribution in [0.1, 0.15) is 51.6 Å². The highest BCUT2D eigenvalue weighted by Gasteiger charge is 2.11. The average Bonchev–Trinajstić information content (AvgIpc) is 2.47. The number of hydrogen-bond donors (Lipinski definition) is 1. The van der Waals surface area contributed by atoms with Crippen LogP contribution in [0, 0.1) is 0 Å². The molecule has 114 valence electrons. The second-order valence-electron chi connectivity index (χ2n) is 4.73. The van der Waals surface area contributed by atoms with E-state index in [1.807, 2.05) is 20.0 Å². The fourth-order valence-electron chi connectivity index (χ4n) is 2.11. The standard InChI is InChI=1S/C16H28N2O2/c1-4-9-18-16(8-7-10-19-5-2)14-11-15(20-6-3)13-17-12-14/h11-13,16,18H,4-10H2,1-3H3. The third-order valence-electron chi connectivity index (χ3n) is 3.07. The van der Waals surface area contributed by atoms with Crippen LogP contribution < -0.4 is 10.1 Å². The maximum atomic E-state index is 5.53. The Balaban J connectivity index is 2.62. The Hall–Kier alpha value is -1.13. The lowest BCUT2D eigenvalue weighted by Crippen LogP contribution is -2.22. The topological polar surface area (TPSA) is 43.4 Å². The van der Waals surface area contributed by atoms with Crippen molar-refractivity contribution < 1.29 is 9.47 Å². The van der Waals surface area contributed by atoms with Gasteiger partial charge in [-0.2, -0.15) is 0 Å². The van der Waals surface area contributed by atoms with Gasteiger partial charge in [0.25, 0.3) is 0 Å². The lowest BCUT2D eigenvalue weighted by atomic mass is 10.0. The molecule has 0 aromatic carbocycles. The van der Waals surface area contributed by atoms with Crippen molar-refractivity contribution in [2.45, 2.75) is 46.1 Å². The largest absolute Gasteiger partial charge is 0.492 e. The molecule has 4 heteroatoms. The van der Waals surface area contributed by atoms with Gasteiger partial charge < -0.3 is 14.8 Å². The fourth-order valence-corrected chi connectivity index (χ4v) is 2.11. The Bertz CT molecular complexity index is 358. The molecule has 0 aliphatic rings. The van der Waals surface area contributed by atoms with Crippen molar-refractivity contribution in [2.75, 3.05) is 26.4 Å². The van der Waals surface area contributed by atoms with Crippen LogP contribution in [0.5, 0.6) is 5.75 Å². The van der Waals surface area contributed by atoms with Crippen LogP contribution in [0.3, 0.4) is 0 Å². The molecule has 0 amide bonds. The van der Waals surface area contributed by atoms with Crippen molar-refractivity contribution in [3.8, 4) is 5.75 Å². The van der Waals surface area contributed by atoms with Gasteiger partial charge in [-0.1, -0.05) is 6.92 Å². The molecule has 0 aliphatic carbocycles. The molecular weight excluding hydrogens is 252 g/mol. The summed E-state index contributed by atoms with van der Waals surface area (Å²) in [6, 6.07) is 2.41. The summed E-state index contributed by atoms with van der Waals surface area (Å²) in [5, 5.41) is 3.58. The minimum absolute atomic E-state index is 0.323. The molecule has 0 radical (unpaired) electrons. The van der Waals surface area contributed by atoms with Gasteiger partial charge in [-0.05, 0) is 51.3 Å². The lowest BCUT2D eigenvalue weighted by Gasteiger charge is -2.19. The summed E-state index contributed by atoms with van der Waals surface area (Å²) in [5.41, 5.74) is 1.20. The maximum absolute atomic E-state index is 5.53. The molecule has 1 aromatic rings. The van der Waals surface area contributed by atoms with Crippen molar-refractivity contribution in [1.82, 2.24) is 10.3 Å². The molecule has 0 saturated carbocycles. The SMILES string of the molecule is CCCNC(CCCOCC)c1cncc(OCC)c1. The molecule has 0 saturated heterocycles. The van der Waals surface area contributed by atoms with E-state index >= 15 is 0 Å². The van der Waals surface area contributed by atoms with E-state index in [1.54, 1.807) is 6.20 Å². The number of nitrogens with one attached hydrogen (secondary N) is 1. The molecule has 20 heavy (non-hydrogen) atoms. The number of hydrogen-bond acceptors (Lipinski definition) is 4. The first kappa shape index (κ1) is 16.9. The highest BCUT2D eigenvalue weighted by atomic mass is 16.5. The number of nitrogens with zero attached hydrogens (tertiary/aromatic N) is 1. The van der Waals surface area contributed by atoms with Crippen molar-refractivity contribution >= 4 is 0 Å². The molecule has 4 nitrogen and oxygen atoms in total. The van der Waals surface area contributed by atoms with E-state index in [4.69, 9.17) is 9.47 Å². The van der Waals surface area contributed by atoms with Gasteiger partial charge in [0, 0.05) is 25.5 Å². The Kier molecular flexibility index (Phi) is 9.00. The monoisotopic (exact) mass is 280 g/mol. The second kappa shape index (κ2) is 10.6. The average molecular weight is 280 g/mol. The summed E-state index contributed by atoms with van der Waals surface area (Å²) in [6.07, 6.45) is 6.92. The molecule has 0 aliphatic heterocycles. The predicted molar refractivity (Wildman–Crippen MR) is 82.2 cm³/mol. The molecule has 1 heterocycles. The van der Waals surface area contributed by atoms with E-state index in [9.17, 15) is 0 Å². The number of aromatic nitrogens is 1. The van der Waals surface area contributed by atoms with E-state index in [2.05, 4.69) is 23.3 Å². The molecular formula is C16H28N2O2. The fraction of sp³-hybridized carbons (Fsp3) is 0.688. The van der Waals surface area contributed by atoms with E-state index in [0.29, 0.717) is 12.6 Å². The van der Waals surface area contributed by atoms with Gasteiger partial charge in [-0.3, -0.25) is 4.98 Å². The quantitative estimate of drug-likeness (QED) is 0.631. The Labute approximate surface area is 122 Å². The van der Waals surface area contributed by atoms with Crippen LogP contribution in [0.25, 0.3) is 0 Å². The Morgan fingerprint density at radius 1 is 1.20 bits per heavy atom. The molecule has 1 atom stereocenters. The zero-order valence-corrected chi connectivity index (χ0v) is 13.0. The van der Waals surface area contributed by atoms with Crippen LogP contribution in [-0.4, -0.2) is 31.3 Å². The molecule has 1 aromatic heterocycles. The van der Waals surface area contributed by atoms with E-state index in [0.717, 1.165) is 44.8 Å². The first-order valence-corrected chi connectivity index (χ1v) is 7.70. The zero-order valence-electron chi connectivity index (χ0n) is 13.0. The molecule has 1 N–H and O–H groups in total. The van der Waals surface area contributed by atoms with E-state index in [-0.39, 0.29) is 0 Å². The minimum Gasteiger partial charge on any atom is -0.492 e. The first-order chi connectivity index (χ1) is 9.81. The van der Waals surface area contributed by atoms with Crippen LogP contribution >= 0.6 is 0 Å². The smallest absolute Gasteiger partial charge is 0.137 e. The van der Waals surface area contributed by atoms with Crippen molar-refractivity contribution in [2.24, 2.45) is 0 Å². The van der Waals surface area contributed by atoms with E-state index < -0.39 is 0 Å². The van der Waals surface area contributed by atoms with Crippen LogP contribution in [-0.2, 0) is 4.74 Å². The third kappa shape index (κ3) is 6.35. The van der Waals surface area contributed by atoms with Crippen LogP contribution in [0.2, 0.25) is 0 Å². The van der Waals surface area contributed by atoms with Gasteiger partial charge in [-0.15, -0.1) is 0 Å². The number of pyridine rings is 1. The first-order valence-electron chi connectivity index (χ1n) is 7.70. The maximum Gasteiger partial charge on any atom is 0.137 e. The summed E-state index contributed by atoms with van der Waals surface area (Å²) in [7, 11) is 0. The summed E-state index contributed by atoms with van der Waals surface area (Å²) in [5.74, 6) is 0.845. The lowest BCUT2D eigenvalue weighted by molar-refractivity contribution is 0.141. The summed E-state index contributed by atoms with van der Waals surface area (Å²) >= 11 is 0. The van der Waals surface area contributed by atoms with Gasteiger partial charge in [0.1, 0.15) is 5.75 Å². The van der Waals surface area contributed by atoms with Crippen LogP contribution in [0.15, 0.2) is 18.5 Å². The van der Waals surface area contributed by atoms with Crippen molar-refractivity contribution in [3.05, 3.63) is 24.0 Å². The summed E-state index contributed by atoms with van der Waals surface area (Å²) < 4.78 is 10.9. The Morgan fingerprint density at radius 3 is 2.75 bits per heavy atom. The van der Waals surface area contributed by atoms with E-state index in [1.165, 1.54) is 5.56 Å². The van der Waals surface area contributed by atoms with Crippen molar-refractivity contribution in [3.63, 3.8) is 0 Å². The predicted octanol–water partition coefficient (Wildman–Crippen LogP) is 3.34. The molecule has 0 spiro atoms. The molecule has 1 unspecified atom stereocenters. The number of rotatable bonds is 11. The van der Waals surface area contributed by atoms with Gasteiger partial charge in [0.2, 0.25) is 0 Å². The molecule has 1 rings (SSSR count). The van der Waals surface area contributed by atoms with Gasteiger partial charge >= 0.3 is 0 Å². The zero-order chi connectivity index (χ0) is 14.6. The minimum atomic E-state index is 0.323. The summed E-state index contributed by atoms with van der Waals surface area (Å²) in [6.45, 7) is 9.48. The van der Waals surface area contributed by atoms with Crippen molar-refractivity contribution in [1.29, 1.82) is 0 Å². The highest BCUT2D eigenvalue weighted by Crippen LogP contribution is 2.21. The molecule has 0 bridgehead atoms. The van der Waals surface area contributed by atoms with Gasteiger partial charge in [0.05, 0.1) is 12.8 Å². The second-order valence-corrected chi connectivity index (χ2v) is 4.73. The van der Waals surface area contributed by atoms with Gasteiger partial charge in [-0.25, -0.2) is 0 Å².